The normalized spacial score (nSPS) is 27.4. The molecule has 2 atom stereocenters. The first-order valence-electron chi connectivity index (χ1n) is 3.14. The molecule has 0 aromatic carbocycles. The second kappa shape index (κ2) is 2.03. The van der Waals surface area contributed by atoms with Crippen LogP contribution < -0.4 is 0 Å². The molecule has 1 N–H and O–H groups in total. The predicted molar refractivity (Wildman–Crippen MR) is 32.7 cm³/mol. The summed E-state index contributed by atoms with van der Waals surface area (Å²) in [4.78, 5) is 2.24. The number of nitrogens with zero attached hydrogens (tertiary/aromatic N) is 1. The molecule has 1 aliphatic rings. The summed E-state index contributed by atoms with van der Waals surface area (Å²) in [5.41, 5.74) is 0. The van der Waals surface area contributed by atoms with Gasteiger partial charge in [-0.1, -0.05) is 0 Å². The molecular formula is C6H13NO. The van der Waals surface area contributed by atoms with E-state index in [-0.39, 0.29) is 6.10 Å². The van der Waals surface area contributed by atoms with Crippen LogP contribution in [0.25, 0.3) is 0 Å². The Hall–Kier alpha value is -0.0800. The maximum absolute atomic E-state index is 8.99. The summed E-state index contributed by atoms with van der Waals surface area (Å²) in [5, 5.41) is 8.99. The van der Waals surface area contributed by atoms with Gasteiger partial charge in [-0.3, -0.25) is 4.90 Å². The summed E-state index contributed by atoms with van der Waals surface area (Å²) in [6.45, 7) is 6.23. The highest BCUT2D eigenvalue weighted by Crippen LogP contribution is 2.12. The third-order valence-electron chi connectivity index (χ3n) is 1.76. The van der Waals surface area contributed by atoms with Gasteiger partial charge in [0.15, 0.2) is 0 Å². The predicted octanol–water partition coefficient (Wildman–Crippen LogP) is 0.0713. The van der Waals surface area contributed by atoms with Gasteiger partial charge in [0.25, 0.3) is 0 Å². The Morgan fingerprint density at radius 1 is 1.38 bits per heavy atom. The van der Waals surface area contributed by atoms with E-state index in [0.717, 1.165) is 0 Å². The zero-order valence-corrected chi connectivity index (χ0v) is 5.46. The number of hydrogen-bond acceptors (Lipinski definition) is 2. The molecule has 1 aliphatic heterocycles. The molecule has 2 heteroatoms. The number of aliphatic hydroxyl groups is 1. The van der Waals surface area contributed by atoms with Crippen molar-refractivity contribution >= 4 is 0 Å². The summed E-state index contributed by atoms with van der Waals surface area (Å²) >= 11 is 0. The second-order valence-electron chi connectivity index (χ2n) is 2.52. The molecule has 0 aromatic heterocycles. The van der Waals surface area contributed by atoms with Crippen LogP contribution in [0.1, 0.15) is 13.8 Å². The molecule has 1 rings (SSSR count). The van der Waals surface area contributed by atoms with Crippen molar-refractivity contribution in [3.63, 3.8) is 0 Å². The Kier molecular flexibility index (Phi) is 1.54. The summed E-state index contributed by atoms with van der Waals surface area (Å²) in [5.74, 6) is 0. The first kappa shape index (κ1) is 6.05. The number of aliphatic hydroxyl groups excluding tert-OH is 1. The van der Waals surface area contributed by atoms with Crippen LogP contribution in [-0.2, 0) is 0 Å². The lowest BCUT2D eigenvalue weighted by Gasteiger charge is -2.14. The minimum atomic E-state index is -0.169. The Morgan fingerprint density at radius 3 is 2.00 bits per heavy atom. The van der Waals surface area contributed by atoms with Crippen molar-refractivity contribution in [1.29, 1.82) is 0 Å². The Morgan fingerprint density at radius 2 is 1.88 bits per heavy atom. The first-order chi connectivity index (χ1) is 3.72. The molecule has 0 spiro atoms. The molecule has 1 saturated heterocycles. The molecule has 2 unspecified atom stereocenters. The molecular weight excluding hydrogens is 102 g/mol. The van der Waals surface area contributed by atoms with Crippen LogP contribution in [0.2, 0.25) is 0 Å². The molecule has 0 aliphatic carbocycles. The Labute approximate surface area is 50.1 Å². The molecule has 0 aromatic rings. The van der Waals surface area contributed by atoms with Crippen LogP contribution in [0.3, 0.4) is 0 Å². The number of hydrogen-bond donors (Lipinski definition) is 1. The van der Waals surface area contributed by atoms with E-state index < -0.39 is 0 Å². The van der Waals surface area contributed by atoms with Gasteiger partial charge in [0, 0.05) is 19.1 Å². The summed E-state index contributed by atoms with van der Waals surface area (Å²) in [7, 11) is 0. The average molecular weight is 115 g/mol. The molecule has 0 bridgehead atoms. The zero-order valence-electron chi connectivity index (χ0n) is 5.46. The van der Waals surface area contributed by atoms with Gasteiger partial charge < -0.3 is 5.11 Å². The smallest absolute Gasteiger partial charge is 0.0664 e. The van der Waals surface area contributed by atoms with Crippen LogP contribution in [-0.4, -0.2) is 35.2 Å². The van der Waals surface area contributed by atoms with Crippen LogP contribution in [0.4, 0.5) is 0 Å². The SMILES string of the molecule is CC(O)C(C)N1CC1. The zero-order chi connectivity index (χ0) is 6.15. The van der Waals surface area contributed by atoms with Crippen LogP contribution in [0, 0.1) is 0 Å². The van der Waals surface area contributed by atoms with Gasteiger partial charge in [0.05, 0.1) is 6.10 Å². The molecule has 48 valence electrons. The minimum absolute atomic E-state index is 0.169. The molecule has 1 heterocycles. The fourth-order valence-corrected chi connectivity index (χ4v) is 0.770. The minimum Gasteiger partial charge on any atom is -0.392 e. The van der Waals surface area contributed by atoms with Crippen molar-refractivity contribution in [2.75, 3.05) is 13.1 Å². The second-order valence-corrected chi connectivity index (χ2v) is 2.52. The summed E-state index contributed by atoms with van der Waals surface area (Å²) < 4.78 is 0. The van der Waals surface area contributed by atoms with Crippen molar-refractivity contribution < 1.29 is 5.11 Å². The van der Waals surface area contributed by atoms with E-state index >= 15 is 0 Å². The first-order valence-corrected chi connectivity index (χ1v) is 3.14. The van der Waals surface area contributed by atoms with E-state index in [2.05, 4.69) is 11.8 Å². The topological polar surface area (TPSA) is 23.2 Å². The van der Waals surface area contributed by atoms with Gasteiger partial charge in [-0.2, -0.15) is 0 Å². The molecule has 0 radical (unpaired) electrons. The van der Waals surface area contributed by atoms with Crippen molar-refractivity contribution in [2.24, 2.45) is 0 Å². The lowest BCUT2D eigenvalue weighted by molar-refractivity contribution is 0.126. The van der Waals surface area contributed by atoms with Gasteiger partial charge in [-0.25, -0.2) is 0 Å². The van der Waals surface area contributed by atoms with Crippen molar-refractivity contribution in [3.05, 3.63) is 0 Å². The van der Waals surface area contributed by atoms with Gasteiger partial charge in [-0.15, -0.1) is 0 Å². The molecule has 2 nitrogen and oxygen atoms in total. The maximum atomic E-state index is 8.99. The lowest BCUT2D eigenvalue weighted by Crippen LogP contribution is -2.27. The highest BCUT2D eigenvalue weighted by atomic mass is 16.3. The van der Waals surface area contributed by atoms with E-state index in [1.165, 1.54) is 13.1 Å². The Bertz CT molecular complexity index is 76.6. The van der Waals surface area contributed by atoms with Crippen LogP contribution in [0.5, 0.6) is 0 Å². The fraction of sp³-hybridized carbons (Fsp3) is 1.00. The maximum Gasteiger partial charge on any atom is 0.0664 e. The molecule has 8 heavy (non-hydrogen) atoms. The van der Waals surface area contributed by atoms with E-state index in [1.807, 2.05) is 6.92 Å². The third-order valence-corrected chi connectivity index (χ3v) is 1.76. The standard InChI is InChI=1S/C6H13NO/c1-5(6(2)8)7-3-4-7/h5-6,8H,3-4H2,1-2H3. The van der Waals surface area contributed by atoms with Crippen molar-refractivity contribution in [2.45, 2.75) is 26.0 Å². The quantitative estimate of drug-likeness (QED) is 0.515. The van der Waals surface area contributed by atoms with E-state index in [9.17, 15) is 0 Å². The van der Waals surface area contributed by atoms with Gasteiger partial charge >= 0.3 is 0 Å². The molecule has 1 fully saturated rings. The highest BCUT2D eigenvalue weighted by Gasteiger charge is 2.26. The summed E-state index contributed by atoms with van der Waals surface area (Å²) in [6, 6.07) is 0.370. The number of rotatable bonds is 2. The van der Waals surface area contributed by atoms with Gasteiger partial charge in [0.1, 0.15) is 0 Å². The third kappa shape index (κ3) is 1.20. The average Bonchev–Trinajstić information content (AvgIpc) is 2.43. The van der Waals surface area contributed by atoms with E-state index in [4.69, 9.17) is 5.11 Å². The lowest BCUT2D eigenvalue weighted by atomic mass is 10.2. The molecule has 0 saturated carbocycles. The Balaban J connectivity index is 2.22. The van der Waals surface area contributed by atoms with Crippen molar-refractivity contribution in [3.8, 4) is 0 Å². The largest absolute Gasteiger partial charge is 0.392 e. The van der Waals surface area contributed by atoms with Gasteiger partial charge in [0.2, 0.25) is 0 Å². The van der Waals surface area contributed by atoms with Gasteiger partial charge in [-0.05, 0) is 13.8 Å². The monoisotopic (exact) mass is 115 g/mol. The summed E-state index contributed by atoms with van der Waals surface area (Å²) in [6.07, 6.45) is -0.169. The highest BCUT2D eigenvalue weighted by molar-refractivity contribution is 4.81. The van der Waals surface area contributed by atoms with Crippen LogP contribution in [0.15, 0.2) is 0 Å². The van der Waals surface area contributed by atoms with Crippen molar-refractivity contribution in [1.82, 2.24) is 4.90 Å². The van der Waals surface area contributed by atoms with Crippen LogP contribution >= 0.6 is 0 Å². The molecule has 0 amide bonds. The van der Waals surface area contributed by atoms with E-state index in [1.54, 1.807) is 0 Å². The fourth-order valence-electron chi connectivity index (χ4n) is 0.770. The van der Waals surface area contributed by atoms with E-state index in [0.29, 0.717) is 6.04 Å².